The predicted octanol–water partition coefficient (Wildman–Crippen LogP) is 19.5. The highest BCUT2D eigenvalue weighted by Crippen LogP contribution is 2.58. The molecule has 0 unspecified atom stereocenters. The topological polar surface area (TPSA) is 21.7 Å². The third-order valence-corrected chi connectivity index (χ3v) is 15.0. The van der Waals surface area contributed by atoms with Crippen molar-refractivity contribution in [2.45, 2.75) is 0 Å². The molecule has 6 rings (SSSR count). The third-order valence-electron chi connectivity index (χ3n) is 8.72. The Labute approximate surface area is 404 Å². The van der Waals surface area contributed by atoms with Crippen molar-refractivity contribution >= 4 is 192 Å². The molecule has 299 valence electrons. The summed E-state index contributed by atoms with van der Waals surface area (Å²) in [5.74, 6) is 1.43. The van der Waals surface area contributed by atoms with E-state index in [2.05, 4.69) is 4.90 Å². The van der Waals surface area contributed by atoms with Gasteiger partial charge in [-0.05, 0) is 66.2 Å². The molecule has 0 aromatic heterocycles. The summed E-state index contributed by atoms with van der Waals surface area (Å²) in [5, 5.41) is -1.82. The van der Waals surface area contributed by atoms with Crippen LogP contribution in [0.3, 0.4) is 0 Å². The monoisotopic (exact) mass is 1050 g/mol. The fourth-order valence-electron chi connectivity index (χ4n) is 5.86. The summed E-state index contributed by atoms with van der Waals surface area (Å²) in [6, 6.07) is 23.2. The molecule has 0 aliphatic rings. The molecule has 3 nitrogen and oxygen atoms in total. The van der Waals surface area contributed by atoms with Crippen LogP contribution in [0.4, 0.5) is 17.1 Å². The van der Waals surface area contributed by atoms with Crippen molar-refractivity contribution in [3.05, 3.63) is 177 Å². The Morgan fingerprint density at radius 2 is 0.638 bits per heavy atom. The Bertz CT molecular complexity index is 2370. The van der Waals surface area contributed by atoms with Crippen LogP contribution in [0.1, 0.15) is 27.8 Å². The minimum Gasteiger partial charge on any atom is -0.497 e. The van der Waals surface area contributed by atoms with E-state index in [1.165, 1.54) is 0 Å². The van der Waals surface area contributed by atoms with E-state index >= 15 is 0 Å². The standard InChI is InChI=1S/C41H20Cl14NO2/c1-57-21-12-8-19(9-13-21)56(20-10-14-22(58-2)15-11-20)18-6-3-17(4-7-18)5-16-23-28(42)30(44)25(31(45)29(23)43)24(26-32(46)36(50)40(54)37(51)33(26)47)27-34(48)38(52)41(55)39(53)35(27)49/h3-16H,1-2H3/b16-5+. The van der Waals surface area contributed by atoms with Crippen LogP contribution in [0.5, 0.6) is 11.5 Å². The van der Waals surface area contributed by atoms with Crippen molar-refractivity contribution in [3.8, 4) is 11.5 Å². The lowest BCUT2D eigenvalue weighted by molar-refractivity contribution is 0.415. The molecule has 0 saturated carbocycles. The molecule has 0 heterocycles. The lowest BCUT2D eigenvalue weighted by Crippen LogP contribution is -2.12. The maximum atomic E-state index is 7.09. The average molecular weight is 1050 g/mol. The Balaban J connectivity index is 1.46. The molecular weight excluding hydrogens is 1030 g/mol. The van der Waals surface area contributed by atoms with Gasteiger partial charge in [0.25, 0.3) is 0 Å². The summed E-state index contributed by atoms with van der Waals surface area (Å²) >= 11 is 94.2. The number of hydrogen-bond donors (Lipinski definition) is 0. The highest BCUT2D eigenvalue weighted by atomic mass is 35.5. The second-order valence-electron chi connectivity index (χ2n) is 12.0. The van der Waals surface area contributed by atoms with Crippen LogP contribution in [0, 0.1) is 5.92 Å². The molecule has 58 heavy (non-hydrogen) atoms. The molecule has 0 aliphatic carbocycles. The lowest BCUT2D eigenvalue weighted by atomic mass is 9.84. The highest BCUT2D eigenvalue weighted by Gasteiger charge is 2.38. The first-order chi connectivity index (χ1) is 27.5. The molecule has 17 heteroatoms. The van der Waals surface area contributed by atoms with Gasteiger partial charge in [-0.3, -0.25) is 0 Å². The van der Waals surface area contributed by atoms with Crippen LogP contribution in [-0.4, -0.2) is 14.2 Å². The number of nitrogens with zero attached hydrogens (tertiary/aromatic N) is 1. The SMILES string of the molecule is COc1ccc(N(c2ccc(/C=C/c3c(Cl)c(Cl)c([C](c4c(Cl)c(Cl)c(Cl)c(Cl)c4Cl)c4c(Cl)c(Cl)c(Cl)c(Cl)c4Cl)c(Cl)c3Cl)cc2)c2ccc(OC)cc2)cc1. The molecule has 0 spiro atoms. The van der Waals surface area contributed by atoms with Crippen LogP contribution >= 0.6 is 162 Å². The maximum Gasteiger partial charge on any atom is 0.119 e. The van der Waals surface area contributed by atoms with E-state index in [-0.39, 0.29) is 98.5 Å². The molecule has 0 bridgehead atoms. The molecule has 0 N–H and O–H groups in total. The van der Waals surface area contributed by atoms with Gasteiger partial charge in [0.1, 0.15) is 11.5 Å². The van der Waals surface area contributed by atoms with Crippen LogP contribution in [0.2, 0.25) is 70.3 Å². The molecule has 1 radical (unpaired) electrons. The normalized spacial score (nSPS) is 11.5. The summed E-state index contributed by atoms with van der Waals surface area (Å²) in [6.45, 7) is 0. The van der Waals surface area contributed by atoms with E-state index in [0.29, 0.717) is 0 Å². The smallest absolute Gasteiger partial charge is 0.119 e. The summed E-state index contributed by atoms with van der Waals surface area (Å²) < 4.78 is 10.7. The number of hydrogen-bond acceptors (Lipinski definition) is 3. The van der Waals surface area contributed by atoms with Gasteiger partial charge >= 0.3 is 0 Å². The molecule has 0 saturated heterocycles. The first-order valence-corrected chi connectivity index (χ1v) is 21.5. The summed E-state index contributed by atoms with van der Waals surface area (Å²) in [6.07, 6.45) is 3.45. The Morgan fingerprint density at radius 3 is 0.948 bits per heavy atom. The first-order valence-electron chi connectivity index (χ1n) is 16.2. The summed E-state index contributed by atoms with van der Waals surface area (Å²) in [7, 11) is 3.24. The largest absolute Gasteiger partial charge is 0.497 e. The minimum atomic E-state index is -0.172. The van der Waals surface area contributed by atoms with E-state index < -0.39 is 0 Å². The van der Waals surface area contributed by atoms with Crippen molar-refractivity contribution in [3.63, 3.8) is 0 Å². The van der Waals surface area contributed by atoms with E-state index in [4.69, 9.17) is 172 Å². The van der Waals surface area contributed by atoms with Gasteiger partial charge in [0.05, 0.1) is 90.5 Å². The first kappa shape index (κ1) is 46.0. The van der Waals surface area contributed by atoms with Gasteiger partial charge in [0.15, 0.2) is 0 Å². The second-order valence-corrected chi connectivity index (χ2v) is 17.3. The molecule has 6 aromatic rings. The Morgan fingerprint density at radius 1 is 0.362 bits per heavy atom. The Hall–Kier alpha value is -1.48. The van der Waals surface area contributed by atoms with Gasteiger partial charge in [0.2, 0.25) is 0 Å². The van der Waals surface area contributed by atoms with Gasteiger partial charge in [-0.25, -0.2) is 0 Å². The van der Waals surface area contributed by atoms with Crippen molar-refractivity contribution in [1.82, 2.24) is 0 Å². The van der Waals surface area contributed by atoms with Crippen molar-refractivity contribution in [1.29, 1.82) is 0 Å². The zero-order valence-corrected chi connectivity index (χ0v) is 39.7. The summed E-state index contributed by atoms with van der Waals surface area (Å²) in [4.78, 5) is 2.09. The quantitative estimate of drug-likeness (QED) is 0.0591. The number of benzene rings is 6. The number of halogens is 14. The number of rotatable bonds is 10. The van der Waals surface area contributed by atoms with Crippen LogP contribution in [0.15, 0.2) is 72.8 Å². The minimum absolute atomic E-state index is 0.0153. The Kier molecular flexibility index (Phi) is 15.3. The van der Waals surface area contributed by atoms with E-state index in [9.17, 15) is 0 Å². The molecule has 0 atom stereocenters. The van der Waals surface area contributed by atoms with Crippen molar-refractivity contribution in [2.24, 2.45) is 0 Å². The fraction of sp³-hybridized carbons (Fsp3) is 0.0488. The number of ether oxygens (including phenoxy) is 2. The fourth-order valence-corrected chi connectivity index (χ4v) is 9.70. The van der Waals surface area contributed by atoms with Gasteiger partial charge in [0, 0.05) is 39.3 Å². The average Bonchev–Trinajstić information content (AvgIpc) is 3.23. The van der Waals surface area contributed by atoms with E-state index in [1.54, 1.807) is 26.4 Å². The van der Waals surface area contributed by atoms with Crippen LogP contribution < -0.4 is 14.4 Å². The van der Waals surface area contributed by atoms with Gasteiger partial charge < -0.3 is 14.4 Å². The van der Waals surface area contributed by atoms with E-state index in [0.717, 1.165) is 34.1 Å². The highest BCUT2D eigenvalue weighted by molar-refractivity contribution is 6.58. The maximum absolute atomic E-state index is 7.09. The van der Waals surface area contributed by atoms with Gasteiger partial charge in [-0.1, -0.05) is 187 Å². The second kappa shape index (κ2) is 19.3. The molecule has 0 aliphatic heterocycles. The van der Waals surface area contributed by atoms with Crippen molar-refractivity contribution in [2.75, 3.05) is 19.1 Å². The molecule has 0 amide bonds. The van der Waals surface area contributed by atoms with Crippen LogP contribution in [0.25, 0.3) is 12.2 Å². The van der Waals surface area contributed by atoms with Crippen molar-refractivity contribution < 1.29 is 9.47 Å². The molecular formula is C41H20Cl14NO2. The van der Waals surface area contributed by atoms with E-state index in [1.807, 2.05) is 72.8 Å². The predicted molar refractivity (Wildman–Crippen MR) is 253 cm³/mol. The zero-order valence-electron chi connectivity index (χ0n) is 29.1. The van der Waals surface area contributed by atoms with Gasteiger partial charge in [-0.15, -0.1) is 0 Å². The molecule has 6 aromatic carbocycles. The van der Waals surface area contributed by atoms with Crippen LogP contribution in [-0.2, 0) is 0 Å². The number of anilines is 3. The number of methoxy groups -OCH3 is 2. The molecule has 0 fully saturated rings. The van der Waals surface area contributed by atoms with Gasteiger partial charge in [-0.2, -0.15) is 0 Å². The zero-order chi connectivity index (χ0) is 42.3. The summed E-state index contributed by atoms with van der Waals surface area (Å²) in [5.41, 5.74) is 3.65. The lowest BCUT2D eigenvalue weighted by Gasteiger charge is -2.28. The third kappa shape index (κ3) is 8.76.